The SMILES string of the molecule is CN1CCC23c4c5ccc(O)c4O[C@H]2[C@@H](O)C=C[C@H]3C1C5.Cl.O.O.O. The molecule has 1 aromatic carbocycles. The van der Waals surface area contributed by atoms with Gasteiger partial charge < -0.3 is 36.3 Å². The van der Waals surface area contributed by atoms with Crippen molar-refractivity contribution in [3.63, 3.8) is 0 Å². The van der Waals surface area contributed by atoms with E-state index in [2.05, 4.69) is 18.0 Å². The van der Waals surface area contributed by atoms with E-state index in [0.717, 1.165) is 19.4 Å². The Labute approximate surface area is 152 Å². The summed E-state index contributed by atoms with van der Waals surface area (Å²) in [5, 5.41) is 20.6. The molecule has 2 aliphatic heterocycles. The van der Waals surface area contributed by atoms with Gasteiger partial charge in [0.05, 0.1) is 0 Å². The highest BCUT2D eigenvalue weighted by Gasteiger charge is 2.64. The Morgan fingerprint density at radius 3 is 2.64 bits per heavy atom. The molecule has 142 valence electrons. The summed E-state index contributed by atoms with van der Waals surface area (Å²) in [5.41, 5.74) is 2.29. The molecule has 2 unspecified atom stereocenters. The zero-order chi connectivity index (χ0) is 14.4. The van der Waals surface area contributed by atoms with Crippen LogP contribution in [0.1, 0.15) is 17.5 Å². The van der Waals surface area contributed by atoms with Crippen molar-refractivity contribution in [2.45, 2.75) is 36.5 Å². The van der Waals surface area contributed by atoms with E-state index in [1.807, 2.05) is 12.1 Å². The van der Waals surface area contributed by atoms with Crippen LogP contribution in [0.25, 0.3) is 0 Å². The second-order valence-electron chi connectivity index (χ2n) is 6.93. The summed E-state index contributed by atoms with van der Waals surface area (Å²) in [5.74, 6) is 1.19. The number of likely N-dealkylation sites (N-methyl/N-ethyl adjacent to an activating group) is 1. The van der Waals surface area contributed by atoms with Gasteiger partial charge in [-0.05, 0) is 38.1 Å². The maximum absolute atomic E-state index is 10.4. The van der Waals surface area contributed by atoms with Crippen LogP contribution in [-0.4, -0.2) is 63.4 Å². The van der Waals surface area contributed by atoms with E-state index in [1.54, 1.807) is 6.07 Å². The molecule has 5 rings (SSSR count). The number of likely N-dealkylation sites (tertiary alicyclic amines) is 1. The third-order valence-corrected chi connectivity index (χ3v) is 6.15. The molecule has 7 nitrogen and oxygen atoms in total. The first-order valence-corrected chi connectivity index (χ1v) is 7.71. The summed E-state index contributed by atoms with van der Waals surface area (Å²) in [4.78, 5) is 2.43. The van der Waals surface area contributed by atoms with Crippen molar-refractivity contribution < 1.29 is 31.4 Å². The van der Waals surface area contributed by atoms with E-state index in [-0.39, 0.29) is 46.1 Å². The molecule has 4 aliphatic rings. The predicted molar refractivity (Wildman–Crippen MR) is 95.7 cm³/mol. The van der Waals surface area contributed by atoms with Gasteiger partial charge in [-0.15, -0.1) is 12.4 Å². The minimum Gasteiger partial charge on any atom is -0.504 e. The zero-order valence-corrected chi connectivity index (χ0v) is 14.7. The maximum atomic E-state index is 10.4. The summed E-state index contributed by atoms with van der Waals surface area (Å²) >= 11 is 0. The average Bonchev–Trinajstić information content (AvgIpc) is 2.83. The highest BCUT2D eigenvalue weighted by molar-refractivity contribution is 5.85. The van der Waals surface area contributed by atoms with Crippen molar-refractivity contribution in [3.05, 3.63) is 35.4 Å². The van der Waals surface area contributed by atoms with E-state index < -0.39 is 6.10 Å². The molecule has 1 saturated heterocycles. The molecule has 0 saturated carbocycles. The minimum atomic E-state index is -0.594. The Bertz CT molecular complexity index is 683. The maximum Gasteiger partial charge on any atom is 0.165 e. The minimum absolute atomic E-state index is 0. The fourth-order valence-electron chi connectivity index (χ4n) is 5.24. The van der Waals surface area contributed by atoms with Gasteiger partial charge in [-0.3, -0.25) is 0 Å². The highest BCUT2D eigenvalue weighted by atomic mass is 35.5. The number of aliphatic hydroxyl groups excluding tert-OH is 1. The number of benzene rings is 1. The van der Waals surface area contributed by atoms with E-state index in [4.69, 9.17) is 4.74 Å². The molecule has 1 spiro atoms. The first-order chi connectivity index (χ1) is 10.1. The lowest BCUT2D eigenvalue weighted by atomic mass is 9.53. The van der Waals surface area contributed by atoms with Gasteiger partial charge in [0.1, 0.15) is 12.2 Å². The Hall–Kier alpha value is -1.35. The van der Waals surface area contributed by atoms with Crippen LogP contribution in [0, 0.1) is 5.92 Å². The molecule has 2 bridgehead atoms. The number of hydrogen-bond acceptors (Lipinski definition) is 4. The Kier molecular flexibility index (Phi) is 5.86. The van der Waals surface area contributed by atoms with Gasteiger partial charge in [0.2, 0.25) is 0 Å². The third-order valence-electron chi connectivity index (χ3n) is 6.15. The molecule has 1 fully saturated rings. The Balaban J connectivity index is 0.000000781. The van der Waals surface area contributed by atoms with Crippen LogP contribution in [0.3, 0.4) is 0 Å². The Morgan fingerprint density at radius 2 is 1.92 bits per heavy atom. The number of phenols is 1. The normalized spacial score (nSPS) is 35.8. The number of ether oxygens (including phenoxy) is 1. The second-order valence-corrected chi connectivity index (χ2v) is 6.93. The molecular formula is C17H26ClNO6. The number of phenolic OH excluding ortho intramolecular Hbond substituents is 1. The summed E-state index contributed by atoms with van der Waals surface area (Å²) < 4.78 is 6.09. The van der Waals surface area contributed by atoms with Crippen molar-refractivity contribution in [1.82, 2.24) is 4.90 Å². The lowest BCUT2D eigenvalue weighted by molar-refractivity contribution is -0.0453. The van der Waals surface area contributed by atoms with E-state index >= 15 is 0 Å². The van der Waals surface area contributed by atoms with E-state index in [1.165, 1.54) is 11.1 Å². The average molecular weight is 376 g/mol. The topological polar surface area (TPSA) is 147 Å². The molecule has 0 aromatic heterocycles. The molecule has 0 radical (unpaired) electrons. The fraction of sp³-hybridized carbons (Fsp3) is 0.529. The monoisotopic (exact) mass is 375 g/mol. The van der Waals surface area contributed by atoms with Crippen LogP contribution in [0.4, 0.5) is 0 Å². The first kappa shape index (κ1) is 21.7. The van der Waals surface area contributed by atoms with Crippen LogP contribution in [0.15, 0.2) is 24.3 Å². The Morgan fingerprint density at radius 1 is 1.20 bits per heavy atom. The smallest absolute Gasteiger partial charge is 0.165 e. The summed E-state index contributed by atoms with van der Waals surface area (Å²) in [6.45, 7) is 1.01. The number of rotatable bonds is 0. The zero-order valence-electron chi connectivity index (χ0n) is 13.9. The van der Waals surface area contributed by atoms with Crippen molar-refractivity contribution in [3.8, 4) is 11.5 Å². The molecule has 0 amide bonds. The van der Waals surface area contributed by atoms with Gasteiger partial charge in [-0.2, -0.15) is 0 Å². The molecular weight excluding hydrogens is 350 g/mol. The van der Waals surface area contributed by atoms with Crippen molar-refractivity contribution in [2.75, 3.05) is 13.6 Å². The largest absolute Gasteiger partial charge is 0.504 e. The number of nitrogens with zero attached hydrogens (tertiary/aromatic N) is 1. The summed E-state index contributed by atoms with van der Waals surface area (Å²) in [7, 11) is 2.19. The number of piperidine rings is 1. The van der Waals surface area contributed by atoms with Crippen LogP contribution in [-0.2, 0) is 11.8 Å². The van der Waals surface area contributed by atoms with Crippen molar-refractivity contribution >= 4 is 12.4 Å². The molecule has 8 heteroatoms. The fourth-order valence-corrected chi connectivity index (χ4v) is 5.24. The van der Waals surface area contributed by atoms with E-state index in [9.17, 15) is 10.2 Å². The molecule has 8 N–H and O–H groups in total. The summed E-state index contributed by atoms with van der Waals surface area (Å²) in [6.07, 6.45) is 5.18. The number of aliphatic hydroxyl groups is 1. The van der Waals surface area contributed by atoms with Crippen molar-refractivity contribution in [1.29, 1.82) is 0 Å². The molecule has 1 aromatic rings. The quantitative estimate of drug-likeness (QED) is 0.568. The van der Waals surface area contributed by atoms with Gasteiger partial charge in [-0.25, -0.2) is 0 Å². The van der Waals surface area contributed by atoms with Crippen LogP contribution >= 0.6 is 12.4 Å². The van der Waals surface area contributed by atoms with Gasteiger partial charge in [-0.1, -0.05) is 18.2 Å². The van der Waals surface area contributed by atoms with Gasteiger partial charge >= 0.3 is 0 Å². The predicted octanol–water partition coefficient (Wildman–Crippen LogP) is -0.854. The van der Waals surface area contributed by atoms with Crippen LogP contribution in [0.2, 0.25) is 0 Å². The van der Waals surface area contributed by atoms with Crippen molar-refractivity contribution in [2.24, 2.45) is 5.92 Å². The summed E-state index contributed by atoms with van der Waals surface area (Å²) in [6, 6.07) is 4.23. The molecule has 2 heterocycles. The van der Waals surface area contributed by atoms with Gasteiger partial charge in [0.15, 0.2) is 11.5 Å². The highest BCUT2D eigenvalue weighted by Crippen LogP contribution is 2.62. The molecule has 25 heavy (non-hydrogen) atoms. The molecule has 5 atom stereocenters. The van der Waals surface area contributed by atoms with Gasteiger partial charge in [0.25, 0.3) is 0 Å². The van der Waals surface area contributed by atoms with Gasteiger partial charge in [0, 0.05) is 22.9 Å². The van der Waals surface area contributed by atoms with Crippen LogP contribution < -0.4 is 4.74 Å². The number of hydrogen-bond donors (Lipinski definition) is 2. The number of halogens is 1. The number of aromatic hydroxyl groups is 1. The van der Waals surface area contributed by atoms with E-state index in [0.29, 0.717) is 17.7 Å². The molecule has 2 aliphatic carbocycles. The first-order valence-electron chi connectivity index (χ1n) is 7.71. The third kappa shape index (κ3) is 2.31. The standard InChI is InChI=1S/C17H19NO3.ClH.3H2O/c1-18-7-6-17-10-3-5-13(20)16(17)21-15-12(19)4-2-9(14(15)17)8-11(10)18;;;;/h2-5,10-11,13,16,19-20H,6-8H2,1H3;1H;3*1H2/t10-,11?,13-,16-,17?;;;;/m0..../s1. The second kappa shape index (κ2) is 6.75. The van der Waals surface area contributed by atoms with Crippen LogP contribution in [0.5, 0.6) is 11.5 Å². The lowest BCUT2D eigenvalue weighted by Crippen LogP contribution is -2.64. The lowest BCUT2D eigenvalue weighted by Gasteiger charge is -2.56.